The van der Waals surface area contributed by atoms with E-state index in [1.54, 1.807) is 24.5 Å². The largest absolute Gasteiger partial charge is 0.490 e. The number of hydrogen-bond acceptors (Lipinski definition) is 5. The molecule has 2 aromatic rings. The van der Waals surface area contributed by atoms with Gasteiger partial charge in [0.15, 0.2) is 11.6 Å². The number of nitrogens with one attached hydrogen (secondary N) is 3. The van der Waals surface area contributed by atoms with Crippen LogP contribution >= 0.6 is 0 Å². The van der Waals surface area contributed by atoms with Gasteiger partial charge in [-0.05, 0) is 18.6 Å². The minimum atomic E-state index is -0.447. The predicted molar refractivity (Wildman–Crippen MR) is 75.8 cm³/mol. The van der Waals surface area contributed by atoms with E-state index in [2.05, 4.69) is 25.8 Å². The summed E-state index contributed by atoms with van der Waals surface area (Å²) in [5.41, 5.74) is 0.542. The summed E-state index contributed by atoms with van der Waals surface area (Å²) in [6, 6.07) is 5.00. The van der Waals surface area contributed by atoms with Crippen LogP contribution in [0.2, 0.25) is 0 Å². The lowest BCUT2D eigenvalue weighted by Gasteiger charge is -2.11. The first-order valence-electron chi connectivity index (χ1n) is 6.31. The molecule has 0 spiro atoms. The lowest BCUT2D eigenvalue weighted by atomic mass is 10.3. The molecule has 2 aromatic heterocycles. The molecule has 0 aliphatic carbocycles. The molecule has 0 saturated carbocycles. The third kappa shape index (κ3) is 4.50. The average molecular weight is 286 g/mol. The number of aromatic nitrogens is 3. The van der Waals surface area contributed by atoms with Crippen molar-refractivity contribution in [2.45, 2.75) is 12.8 Å². The van der Waals surface area contributed by atoms with E-state index in [-0.39, 0.29) is 0 Å². The standard InChI is InChI=1S/C13H14N6O2/c14-5-1-2-7-21-11-4-3-6-15-12(11)19-13(20)18-10-8-16-17-9-10/h3-4,6,8-9H,1-2,7H2,(H,16,17)(H2,15,18,19,20). The van der Waals surface area contributed by atoms with E-state index < -0.39 is 6.03 Å². The Balaban J connectivity index is 1.93. The quantitative estimate of drug-likeness (QED) is 0.703. The van der Waals surface area contributed by atoms with Crippen LogP contribution in [0.5, 0.6) is 5.75 Å². The van der Waals surface area contributed by atoms with E-state index >= 15 is 0 Å². The first-order valence-corrected chi connectivity index (χ1v) is 6.31. The Morgan fingerprint density at radius 3 is 3.14 bits per heavy atom. The molecule has 0 fully saturated rings. The van der Waals surface area contributed by atoms with E-state index in [4.69, 9.17) is 10.00 Å². The maximum atomic E-state index is 11.8. The van der Waals surface area contributed by atoms with Gasteiger partial charge in [0.05, 0.1) is 24.6 Å². The number of carbonyl (C=O) groups excluding carboxylic acids is 1. The predicted octanol–water partition coefficient (Wildman–Crippen LogP) is 2.13. The van der Waals surface area contributed by atoms with Crippen molar-refractivity contribution >= 4 is 17.5 Å². The Hall–Kier alpha value is -3.08. The highest BCUT2D eigenvalue weighted by Gasteiger charge is 2.09. The van der Waals surface area contributed by atoms with Crippen LogP contribution in [0.3, 0.4) is 0 Å². The second kappa shape index (κ2) is 7.49. The van der Waals surface area contributed by atoms with E-state index in [0.29, 0.717) is 36.7 Å². The van der Waals surface area contributed by atoms with Crippen molar-refractivity contribution in [1.82, 2.24) is 15.2 Å². The van der Waals surface area contributed by atoms with Gasteiger partial charge in [-0.1, -0.05) is 0 Å². The number of ether oxygens (including phenoxy) is 1. The van der Waals surface area contributed by atoms with Crippen LogP contribution in [0.15, 0.2) is 30.7 Å². The Kier molecular flexibility index (Phi) is 5.11. The third-order valence-corrected chi connectivity index (χ3v) is 2.45. The maximum absolute atomic E-state index is 11.8. The fraction of sp³-hybridized carbons (Fsp3) is 0.231. The molecule has 2 amide bonds. The summed E-state index contributed by atoms with van der Waals surface area (Å²) in [5.74, 6) is 0.772. The normalized spacial score (nSPS) is 9.67. The number of amides is 2. The van der Waals surface area contributed by atoms with Crippen LogP contribution in [-0.4, -0.2) is 27.8 Å². The molecule has 8 nitrogen and oxygen atoms in total. The zero-order chi connectivity index (χ0) is 14.9. The molecule has 108 valence electrons. The molecule has 2 heterocycles. The highest BCUT2D eigenvalue weighted by atomic mass is 16.5. The molecule has 0 aromatic carbocycles. The van der Waals surface area contributed by atoms with Crippen molar-refractivity contribution in [2.75, 3.05) is 17.2 Å². The SMILES string of the molecule is N#CCCCOc1cccnc1NC(=O)Nc1cn[nH]c1. The summed E-state index contributed by atoms with van der Waals surface area (Å²) in [4.78, 5) is 15.9. The topological polar surface area (TPSA) is 116 Å². The lowest BCUT2D eigenvalue weighted by molar-refractivity contribution is 0.261. The van der Waals surface area contributed by atoms with Crippen molar-refractivity contribution in [3.8, 4) is 11.8 Å². The smallest absolute Gasteiger partial charge is 0.325 e. The van der Waals surface area contributed by atoms with Gasteiger partial charge in [-0.25, -0.2) is 9.78 Å². The number of pyridine rings is 1. The third-order valence-electron chi connectivity index (χ3n) is 2.45. The molecule has 0 atom stereocenters. The number of aromatic amines is 1. The number of carbonyl (C=O) groups is 1. The summed E-state index contributed by atoms with van der Waals surface area (Å²) in [7, 11) is 0. The van der Waals surface area contributed by atoms with Crippen molar-refractivity contribution in [3.05, 3.63) is 30.7 Å². The second-order valence-electron chi connectivity index (χ2n) is 4.03. The number of unbranched alkanes of at least 4 members (excludes halogenated alkanes) is 1. The van der Waals surface area contributed by atoms with E-state index in [9.17, 15) is 4.79 Å². The summed E-state index contributed by atoms with van der Waals surface area (Å²) in [6.45, 7) is 0.386. The highest BCUT2D eigenvalue weighted by molar-refractivity contribution is 5.99. The molecule has 0 saturated heterocycles. The monoisotopic (exact) mass is 286 g/mol. The van der Waals surface area contributed by atoms with Gasteiger partial charge in [-0.15, -0.1) is 0 Å². The van der Waals surface area contributed by atoms with Crippen LogP contribution in [0.25, 0.3) is 0 Å². The molecule has 3 N–H and O–H groups in total. The Labute approximate surface area is 121 Å². The Bertz CT molecular complexity index is 620. The van der Waals surface area contributed by atoms with Crippen LogP contribution in [0.1, 0.15) is 12.8 Å². The fourth-order valence-electron chi connectivity index (χ4n) is 1.52. The Morgan fingerprint density at radius 2 is 2.38 bits per heavy atom. The first kappa shape index (κ1) is 14.3. The lowest BCUT2D eigenvalue weighted by Crippen LogP contribution is -2.20. The number of nitrogens with zero attached hydrogens (tertiary/aromatic N) is 3. The van der Waals surface area contributed by atoms with Gasteiger partial charge < -0.3 is 10.1 Å². The average Bonchev–Trinajstić information content (AvgIpc) is 2.98. The summed E-state index contributed by atoms with van der Waals surface area (Å²) < 4.78 is 5.50. The molecule has 2 rings (SSSR count). The highest BCUT2D eigenvalue weighted by Crippen LogP contribution is 2.21. The van der Waals surface area contributed by atoms with Gasteiger partial charge in [0.25, 0.3) is 0 Å². The zero-order valence-electron chi connectivity index (χ0n) is 11.2. The number of urea groups is 1. The molecule has 0 aliphatic rings. The van der Waals surface area contributed by atoms with Gasteiger partial charge in [-0.3, -0.25) is 10.4 Å². The van der Waals surface area contributed by atoms with Crippen molar-refractivity contribution in [1.29, 1.82) is 5.26 Å². The fourth-order valence-corrected chi connectivity index (χ4v) is 1.52. The number of H-pyrrole nitrogens is 1. The molecular formula is C13H14N6O2. The van der Waals surface area contributed by atoms with Gasteiger partial charge in [0.2, 0.25) is 0 Å². The van der Waals surface area contributed by atoms with Gasteiger partial charge in [0.1, 0.15) is 0 Å². The van der Waals surface area contributed by atoms with Crippen LogP contribution in [0.4, 0.5) is 16.3 Å². The zero-order valence-corrected chi connectivity index (χ0v) is 11.2. The van der Waals surface area contributed by atoms with E-state index in [0.717, 1.165) is 0 Å². The molecule has 0 aliphatic heterocycles. The van der Waals surface area contributed by atoms with Gasteiger partial charge in [0, 0.05) is 18.8 Å². The minimum Gasteiger partial charge on any atom is -0.490 e. The number of rotatable bonds is 6. The minimum absolute atomic E-state index is 0.315. The molecular weight excluding hydrogens is 272 g/mol. The summed E-state index contributed by atoms with van der Waals surface area (Å²) >= 11 is 0. The van der Waals surface area contributed by atoms with E-state index in [1.165, 1.54) is 6.20 Å². The van der Waals surface area contributed by atoms with Gasteiger partial charge in [-0.2, -0.15) is 10.4 Å². The molecule has 0 unspecified atom stereocenters. The van der Waals surface area contributed by atoms with E-state index in [1.807, 2.05) is 6.07 Å². The second-order valence-corrected chi connectivity index (χ2v) is 4.03. The van der Waals surface area contributed by atoms with Crippen LogP contribution in [0, 0.1) is 11.3 Å². The summed E-state index contributed by atoms with van der Waals surface area (Å²) in [6.07, 6.45) is 5.63. The van der Waals surface area contributed by atoms with Crippen molar-refractivity contribution in [2.24, 2.45) is 0 Å². The molecule has 21 heavy (non-hydrogen) atoms. The van der Waals surface area contributed by atoms with Crippen LogP contribution in [-0.2, 0) is 0 Å². The number of nitriles is 1. The number of anilines is 2. The summed E-state index contributed by atoms with van der Waals surface area (Å²) in [5, 5.41) is 20.0. The first-order chi connectivity index (χ1) is 10.3. The van der Waals surface area contributed by atoms with Crippen molar-refractivity contribution in [3.63, 3.8) is 0 Å². The number of hydrogen-bond donors (Lipinski definition) is 3. The van der Waals surface area contributed by atoms with Crippen LogP contribution < -0.4 is 15.4 Å². The maximum Gasteiger partial charge on any atom is 0.325 e. The Morgan fingerprint density at radius 1 is 1.48 bits per heavy atom. The van der Waals surface area contributed by atoms with Gasteiger partial charge >= 0.3 is 6.03 Å². The molecule has 0 bridgehead atoms. The molecule has 0 radical (unpaired) electrons. The van der Waals surface area contributed by atoms with Crippen molar-refractivity contribution < 1.29 is 9.53 Å². The molecule has 8 heteroatoms.